The van der Waals surface area contributed by atoms with E-state index in [2.05, 4.69) is 0 Å². The Morgan fingerprint density at radius 1 is 0.741 bits per heavy atom. The fourth-order valence-corrected chi connectivity index (χ4v) is 2.55. The van der Waals surface area contributed by atoms with Crippen molar-refractivity contribution in [2.45, 2.75) is 6.42 Å². The van der Waals surface area contributed by atoms with Gasteiger partial charge in [-0.1, -0.05) is 42.5 Å². The van der Waals surface area contributed by atoms with Crippen LogP contribution in [0.15, 0.2) is 42.5 Å². The molecule has 0 aliphatic heterocycles. The molecule has 0 saturated carbocycles. The average Bonchev–Trinajstić information content (AvgIpc) is 2.69. The first-order chi connectivity index (χ1) is 13.3. The van der Waals surface area contributed by atoms with Gasteiger partial charge in [0.2, 0.25) is 0 Å². The van der Waals surface area contributed by atoms with E-state index in [1.54, 1.807) is 7.11 Å². The van der Waals surface area contributed by atoms with Crippen LogP contribution in [-0.4, -0.2) is 65.9 Å². The Bertz CT molecular complexity index is 667. The van der Waals surface area contributed by atoms with Crippen LogP contribution in [0.25, 0.3) is 10.8 Å². The van der Waals surface area contributed by atoms with Crippen LogP contribution in [0.2, 0.25) is 0 Å². The SMILES string of the molecule is COCCOCCOCCOCCOC(=O)Cc1cccc2ccccc12. The number of ether oxygens (including phenoxy) is 5. The molecule has 0 aliphatic rings. The first kappa shape index (κ1) is 21.3. The molecular weight excluding hydrogens is 348 g/mol. The van der Waals surface area contributed by atoms with Crippen LogP contribution in [0, 0.1) is 0 Å². The third-order valence-electron chi connectivity index (χ3n) is 3.88. The van der Waals surface area contributed by atoms with Crippen molar-refractivity contribution in [2.75, 3.05) is 60.0 Å². The van der Waals surface area contributed by atoms with Crippen molar-refractivity contribution in [3.05, 3.63) is 48.0 Å². The van der Waals surface area contributed by atoms with Gasteiger partial charge in [-0.3, -0.25) is 4.79 Å². The van der Waals surface area contributed by atoms with Crippen LogP contribution >= 0.6 is 0 Å². The maximum atomic E-state index is 12.0. The number of carbonyl (C=O) groups is 1. The second-order valence-electron chi connectivity index (χ2n) is 5.87. The van der Waals surface area contributed by atoms with E-state index in [9.17, 15) is 4.79 Å². The minimum absolute atomic E-state index is 0.240. The van der Waals surface area contributed by atoms with Crippen LogP contribution in [0.1, 0.15) is 5.56 Å². The third kappa shape index (κ3) is 8.49. The number of hydrogen-bond donors (Lipinski definition) is 0. The van der Waals surface area contributed by atoms with Gasteiger partial charge in [-0.2, -0.15) is 0 Å². The minimum Gasteiger partial charge on any atom is -0.463 e. The van der Waals surface area contributed by atoms with Gasteiger partial charge >= 0.3 is 5.97 Å². The molecule has 0 aromatic heterocycles. The Kier molecular flexibility index (Phi) is 10.4. The zero-order chi connectivity index (χ0) is 19.2. The summed E-state index contributed by atoms with van der Waals surface area (Å²) >= 11 is 0. The highest BCUT2D eigenvalue weighted by Gasteiger charge is 2.07. The number of carbonyl (C=O) groups excluding carboxylic acids is 1. The Hall–Kier alpha value is -1.99. The average molecular weight is 376 g/mol. The van der Waals surface area contributed by atoms with Crippen LogP contribution in [0.5, 0.6) is 0 Å². The zero-order valence-corrected chi connectivity index (χ0v) is 15.9. The molecule has 2 rings (SSSR count). The lowest BCUT2D eigenvalue weighted by Crippen LogP contribution is -2.15. The summed E-state index contributed by atoms with van der Waals surface area (Å²) in [5.74, 6) is -0.251. The Balaban J connectivity index is 1.50. The highest BCUT2D eigenvalue weighted by atomic mass is 16.6. The molecule has 2 aromatic rings. The van der Waals surface area contributed by atoms with Crippen molar-refractivity contribution in [1.82, 2.24) is 0 Å². The van der Waals surface area contributed by atoms with Gasteiger partial charge in [-0.05, 0) is 16.3 Å². The van der Waals surface area contributed by atoms with Gasteiger partial charge in [0.1, 0.15) is 6.61 Å². The van der Waals surface area contributed by atoms with Crippen molar-refractivity contribution in [3.8, 4) is 0 Å². The number of rotatable bonds is 14. The minimum atomic E-state index is -0.251. The largest absolute Gasteiger partial charge is 0.463 e. The smallest absolute Gasteiger partial charge is 0.310 e. The topological polar surface area (TPSA) is 63.2 Å². The molecule has 0 radical (unpaired) electrons. The molecule has 0 bridgehead atoms. The van der Waals surface area contributed by atoms with E-state index >= 15 is 0 Å². The van der Waals surface area contributed by atoms with Gasteiger partial charge < -0.3 is 23.7 Å². The summed E-state index contributed by atoms with van der Waals surface area (Å²) in [6.45, 7) is 3.75. The fourth-order valence-electron chi connectivity index (χ4n) is 2.55. The zero-order valence-electron chi connectivity index (χ0n) is 15.9. The summed E-state index contributed by atoms with van der Waals surface area (Å²) in [7, 11) is 1.64. The van der Waals surface area contributed by atoms with Gasteiger partial charge in [0.05, 0.1) is 52.7 Å². The van der Waals surface area contributed by atoms with Gasteiger partial charge in [0, 0.05) is 7.11 Å². The number of esters is 1. The molecule has 0 N–H and O–H groups in total. The fraction of sp³-hybridized carbons (Fsp3) is 0.476. The highest BCUT2D eigenvalue weighted by molar-refractivity contribution is 5.88. The Morgan fingerprint density at radius 3 is 2.04 bits per heavy atom. The molecule has 0 unspecified atom stereocenters. The molecule has 2 aromatic carbocycles. The first-order valence-electron chi connectivity index (χ1n) is 9.15. The molecule has 0 fully saturated rings. The maximum Gasteiger partial charge on any atom is 0.310 e. The number of methoxy groups -OCH3 is 1. The Morgan fingerprint density at radius 2 is 1.33 bits per heavy atom. The van der Waals surface area contributed by atoms with E-state index in [4.69, 9.17) is 23.7 Å². The van der Waals surface area contributed by atoms with Crippen LogP contribution in [0.3, 0.4) is 0 Å². The lowest BCUT2D eigenvalue weighted by atomic mass is 10.0. The molecule has 27 heavy (non-hydrogen) atoms. The summed E-state index contributed by atoms with van der Waals surface area (Å²) in [5, 5.41) is 2.20. The van der Waals surface area contributed by atoms with E-state index in [0.717, 1.165) is 16.3 Å². The van der Waals surface area contributed by atoms with Gasteiger partial charge in [-0.25, -0.2) is 0 Å². The molecule has 0 amide bonds. The van der Waals surface area contributed by atoms with Crippen molar-refractivity contribution >= 4 is 16.7 Å². The molecule has 6 nitrogen and oxygen atoms in total. The summed E-state index contributed by atoms with van der Waals surface area (Å²) in [6.07, 6.45) is 0.257. The molecule has 0 heterocycles. The van der Waals surface area contributed by atoms with Gasteiger partial charge in [-0.15, -0.1) is 0 Å². The lowest BCUT2D eigenvalue weighted by molar-refractivity contribution is -0.144. The molecular formula is C21H28O6. The lowest BCUT2D eigenvalue weighted by Gasteiger charge is -2.09. The van der Waals surface area contributed by atoms with E-state index in [1.807, 2.05) is 42.5 Å². The second-order valence-corrected chi connectivity index (χ2v) is 5.87. The van der Waals surface area contributed by atoms with Crippen molar-refractivity contribution in [1.29, 1.82) is 0 Å². The summed E-state index contributed by atoms with van der Waals surface area (Å²) in [4.78, 5) is 12.0. The summed E-state index contributed by atoms with van der Waals surface area (Å²) in [6, 6.07) is 14.0. The van der Waals surface area contributed by atoms with Gasteiger partial charge in [0.25, 0.3) is 0 Å². The van der Waals surface area contributed by atoms with Crippen molar-refractivity contribution in [2.24, 2.45) is 0 Å². The second kappa shape index (κ2) is 13.2. The van der Waals surface area contributed by atoms with Crippen LogP contribution in [0.4, 0.5) is 0 Å². The molecule has 0 atom stereocenters. The summed E-state index contributed by atoms with van der Waals surface area (Å²) in [5.41, 5.74) is 0.972. The van der Waals surface area contributed by atoms with E-state index in [0.29, 0.717) is 46.2 Å². The van der Waals surface area contributed by atoms with Gasteiger partial charge in [0.15, 0.2) is 0 Å². The molecule has 0 spiro atoms. The summed E-state index contributed by atoms with van der Waals surface area (Å²) < 4.78 is 26.1. The van der Waals surface area contributed by atoms with E-state index in [1.165, 1.54) is 0 Å². The standard InChI is InChI=1S/C21H28O6/c1-23-9-10-24-11-12-25-13-14-26-15-16-27-21(22)17-19-7-4-6-18-5-2-3-8-20(18)19/h2-8H,9-17H2,1H3. The monoisotopic (exact) mass is 376 g/mol. The normalized spacial score (nSPS) is 11.0. The number of hydrogen-bond acceptors (Lipinski definition) is 6. The molecule has 0 saturated heterocycles. The van der Waals surface area contributed by atoms with Crippen molar-refractivity contribution < 1.29 is 28.5 Å². The third-order valence-corrected chi connectivity index (χ3v) is 3.88. The quantitative estimate of drug-likeness (QED) is 0.373. The Labute approximate surface area is 160 Å². The van der Waals surface area contributed by atoms with E-state index < -0.39 is 0 Å². The van der Waals surface area contributed by atoms with Crippen molar-refractivity contribution in [3.63, 3.8) is 0 Å². The number of benzene rings is 2. The molecule has 148 valence electrons. The predicted octanol–water partition coefficient (Wildman–Crippen LogP) is 2.62. The highest BCUT2D eigenvalue weighted by Crippen LogP contribution is 2.19. The first-order valence-corrected chi connectivity index (χ1v) is 9.15. The number of fused-ring (bicyclic) bond motifs is 1. The maximum absolute atomic E-state index is 12.0. The van der Waals surface area contributed by atoms with Crippen LogP contribution in [-0.2, 0) is 34.9 Å². The predicted molar refractivity (Wildman–Crippen MR) is 103 cm³/mol. The molecule has 0 aliphatic carbocycles. The molecule has 6 heteroatoms. The van der Waals surface area contributed by atoms with Crippen LogP contribution < -0.4 is 0 Å². The van der Waals surface area contributed by atoms with E-state index in [-0.39, 0.29) is 19.0 Å².